The van der Waals surface area contributed by atoms with Crippen molar-refractivity contribution in [3.63, 3.8) is 0 Å². The topological polar surface area (TPSA) is 49.9 Å². The monoisotopic (exact) mass is 281 g/mol. The van der Waals surface area contributed by atoms with E-state index in [-0.39, 0.29) is 6.10 Å². The molecule has 0 aliphatic carbocycles. The summed E-state index contributed by atoms with van der Waals surface area (Å²) in [6, 6.07) is 5.97. The van der Waals surface area contributed by atoms with E-state index in [4.69, 9.17) is 4.74 Å². The number of hydrogen-bond donors (Lipinski definition) is 2. The number of fused-ring (bicyclic) bond motifs is 1. The molecule has 2 aromatic rings. The maximum atomic E-state index is 5.87. The second-order valence-corrected chi connectivity index (χ2v) is 4.78. The molecular formula is C11H12BrN3O. The molecule has 1 unspecified atom stereocenters. The molecule has 0 radical (unpaired) electrons. The summed E-state index contributed by atoms with van der Waals surface area (Å²) in [5.74, 6) is 0.691. The van der Waals surface area contributed by atoms with Crippen LogP contribution >= 0.6 is 15.9 Å². The molecule has 4 nitrogen and oxygen atoms in total. The van der Waals surface area contributed by atoms with Crippen LogP contribution in [0.1, 0.15) is 6.42 Å². The van der Waals surface area contributed by atoms with Crippen molar-refractivity contribution in [1.82, 2.24) is 15.5 Å². The number of benzene rings is 1. The van der Waals surface area contributed by atoms with Gasteiger partial charge in [0.25, 0.3) is 0 Å². The molecule has 0 amide bonds. The van der Waals surface area contributed by atoms with Crippen molar-refractivity contribution in [2.24, 2.45) is 0 Å². The lowest BCUT2D eigenvalue weighted by atomic mass is 10.2. The summed E-state index contributed by atoms with van der Waals surface area (Å²) in [5.41, 5.74) is 0.996. The number of halogens is 1. The molecule has 0 spiro atoms. The smallest absolute Gasteiger partial charge is 0.242 e. The van der Waals surface area contributed by atoms with Gasteiger partial charge in [-0.25, -0.2) is 0 Å². The quantitative estimate of drug-likeness (QED) is 0.886. The predicted octanol–water partition coefficient (Wildman–Crippen LogP) is 2.07. The van der Waals surface area contributed by atoms with Gasteiger partial charge in [0.2, 0.25) is 5.88 Å². The molecule has 5 heteroatoms. The van der Waals surface area contributed by atoms with Gasteiger partial charge < -0.3 is 10.1 Å². The first kappa shape index (κ1) is 10.1. The zero-order chi connectivity index (χ0) is 11.0. The molecule has 1 aromatic carbocycles. The molecule has 84 valence electrons. The fourth-order valence-electron chi connectivity index (χ4n) is 1.97. The van der Waals surface area contributed by atoms with Crippen LogP contribution in [0.4, 0.5) is 0 Å². The highest BCUT2D eigenvalue weighted by Gasteiger charge is 2.19. The first-order chi connectivity index (χ1) is 7.84. The molecule has 1 aliphatic heterocycles. The Bertz CT molecular complexity index is 505. The summed E-state index contributed by atoms with van der Waals surface area (Å²) in [7, 11) is 0. The Labute approximate surface area is 101 Å². The molecule has 1 aliphatic rings. The van der Waals surface area contributed by atoms with Crippen LogP contribution in [0.15, 0.2) is 22.7 Å². The largest absolute Gasteiger partial charge is 0.471 e. The Kier molecular flexibility index (Phi) is 2.57. The fraction of sp³-hybridized carbons (Fsp3) is 0.364. The van der Waals surface area contributed by atoms with E-state index in [0.29, 0.717) is 5.88 Å². The predicted molar refractivity (Wildman–Crippen MR) is 65.7 cm³/mol. The molecule has 1 fully saturated rings. The molecule has 0 bridgehead atoms. The van der Waals surface area contributed by atoms with Crippen LogP contribution in [0.2, 0.25) is 0 Å². The standard InChI is InChI=1S/C11H12BrN3O/c12-8-2-1-3-9-10(8)11(15-14-9)16-7-4-5-13-6-7/h1-3,7,13H,4-6H2,(H,14,15). The van der Waals surface area contributed by atoms with E-state index >= 15 is 0 Å². The third-order valence-corrected chi connectivity index (χ3v) is 3.46. The van der Waals surface area contributed by atoms with Crippen molar-refractivity contribution >= 4 is 26.8 Å². The minimum atomic E-state index is 0.235. The first-order valence-electron chi connectivity index (χ1n) is 5.34. The van der Waals surface area contributed by atoms with E-state index < -0.39 is 0 Å². The highest BCUT2D eigenvalue weighted by molar-refractivity contribution is 9.10. The number of nitrogens with zero attached hydrogens (tertiary/aromatic N) is 1. The third kappa shape index (κ3) is 1.70. The van der Waals surface area contributed by atoms with Crippen molar-refractivity contribution in [2.45, 2.75) is 12.5 Å². The van der Waals surface area contributed by atoms with Gasteiger partial charge >= 0.3 is 0 Å². The molecule has 3 rings (SSSR count). The van der Waals surface area contributed by atoms with Crippen LogP contribution in [-0.4, -0.2) is 29.4 Å². The maximum absolute atomic E-state index is 5.87. The Hall–Kier alpha value is -1.07. The average Bonchev–Trinajstić information content (AvgIpc) is 2.90. The molecule has 1 aromatic heterocycles. The number of rotatable bonds is 2. The molecule has 0 saturated carbocycles. The molecule has 2 N–H and O–H groups in total. The summed E-state index contributed by atoms with van der Waals surface area (Å²) in [6.45, 7) is 1.92. The summed E-state index contributed by atoms with van der Waals surface area (Å²) in [6.07, 6.45) is 1.28. The first-order valence-corrected chi connectivity index (χ1v) is 6.14. The van der Waals surface area contributed by atoms with Gasteiger partial charge in [0.1, 0.15) is 6.10 Å². The third-order valence-electron chi connectivity index (χ3n) is 2.80. The number of ether oxygens (including phenoxy) is 1. The number of H-pyrrole nitrogens is 1. The Morgan fingerprint density at radius 1 is 1.44 bits per heavy atom. The fourth-order valence-corrected chi connectivity index (χ4v) is 2.51. The van der Waals surface area contributed by atoms with Crippen LogP contribution in [0.3, 0.4) is 0 Å². The van der Waals surface area contributed by atoms with Gasteiger partial charge in [0, 0.05) is 11.0 Å². The van der Waals surface area contributed by atoms with E-state index in [9.17, 15) is 0 Å². The minimum Gasteiger partial charge on any atom is -0.471 e. The van der Waals surface area contributed by atoms with Gasteiger partial charge in [-0.2, -0.15) is 0 Å². The number of hydrogen-bond acceptors (Lipinski definition) is 3. The van der Waals surface area contributed by atoms with Crippen LogP contribution in [-0.2, 0) is 0 Å². The van der Waals surface area contributed by atoms with E-state index in [1.165, 1.54) is 0 Å². The van der Waals surface area contributed by atoms with Gasteiger partial charge in [-0.1, -0.05) is 6.07 Å². The van der Waals surface area contributed by atoms with Crippen molar-refractivity contribution in [1.29, 1.82) is 0 Å². The van der Waals surface area contributed by atoms with E-state index in [1.807, 2.05) is 18.2 Å². The number of aromatic amines is 1. The molecule has 1 saturated heterocycles. The van der Waals surface area contributed by atoms with Crippen molar-refractivity contribution in [3.05, 3.63) is 22.7 Å². The Balaban J connectivity index is 1.97. The van der Waals surface area contributed by atoms with Crippen LogP contribution in [0, 0.1) is 0 Å². The zero-order valence-corrected chi connectivity index (χ0v) is 10.3. The van der Waals surface area contributed by atoms with Crippen molar-refractivity contribution < 1.29 is 4.74 Å². The Morgan fingerprint density at radius 2 is 2.38 bits per heavy atom. The van der Waals surface area contributed by atoms with Crippen LogP contribution in [0.5, 0.6) is 5.88 Å². The summed E-state index contributed by atoms with van der Waals surface area (Å²) >= 11 is 3.52. The summed E-state index contributed by atoms with van der Waals surface area (Å²) in [4.78, 5) is 0. The average molecular weight is 282 g/mol. The van der Waals surface area contributed by atoms with Gasteiger partial charge in [-0.15, -0.1) is 5.10 Å². The van der Waals surface area contributed by atoms with E-state index in [1.54, 1.807) is 0 Å². The second-order valence-electron chi connectivity index (χ2n) is 3.92. The lowest BCUT2D eigenvalue weighted by Gasteiger charge is -2.09. The van der Waals surface area contributed by atoms with Crippen molar-refractivity contribution in [2.75, 3.05) is 13.1 Å². The lowest BCUT2D eigenvalue weighted by molar-refractivity contribution is 0.216. The maximum Gasteiger partial charge on any atom is 0.242 e. The van der Waals surface area contributed by atoms with Crippen LogP contribution < -0.4 is 10.1 Å². The zero-order valence-electron chi connectivity index (χ0n) is 8.66. The minimum absolute atomic E-state index is 0.235. The van der Waals surface area contributed by atoms with Gasteiger partial charge in [-0.05, 0) is 41.0 Å². The highest BCUT2D eigenvalue weighted by atomic mass is 79.9. The van der Waals surface area contributed by atoms with Gasteiger partial charge in [-0.3, -0.25) is 5.10 Å². The SMILES string of the molecule is Brc1cccc2[nH]nc(OC3CCNC3)c12. The Morgan fingerprint density at radius 3 is 3.19 bits per heavy atom. The van der Waals surface area contributed by atoms with Gasteiger partial charge in [0.15, 0.2) is 0 Å². The van der Waals surface area contributed by atoms with Gasteiger partial charge in [0.05, 0.1) is 10.9 Å². The molecule has 2 heterocycles. The van der Waals surface area contributed by atoms with E-state index in [2.05, 4.69) is 31.4 Å². The summed E-state index contributed by atoms with van der Waals surface area (Å²) in [5, 5.41) is 11.5. The molecule has 16 heavy (non-hydrogen) atoms. The second kappa shape index (κ2) is 4.07. The van der Waals surface area contributed by atoms with E-state index in [0.717, 1.165) is 34.9 Å². The van der Waals surface area contributed by atoms with Crippen molar-refractivity contribution in [3.8, 4) is 5.88 Å². The summed E-state index contributed by atoms with van der Waals surface area (Å²) < 4.78 is 6.89. The lowest BCUT2D eigenvalue weighted by Crippen LogP contribution is -2.19. The van der Waals surface area contributed by atoms with Crippen LogP contribution in [0.25, 0.3) is 10.9 Å². The normalized spacial score (nSPS) is 20.4. The highest BCUT2D eigenvalue weighted by Crippen LogP contribution is 2.31. The molecular weight excluding hydrogens is 270 g/mol. The number of aromatic nitrogens is 2. The number of nitrogens with one attached hydrogen (secondary N) is 2. The molecule has 1 atom stereocenters.